The second kappa shape index (κ2) is 7.97. The Hall–Kier alpha value is -2.09. The van der Waals surface area contributed by atoms with Crippen molar-refractivity contribution in [2.24, 2.45) is 0 Å². The fourth-order valence-corrected chi connectivity index (χ4v) is 5.66. The third kappa shape index (κ3) is 3.99. The van der Waals surface area contributed by atoms with E-state index >= 15 is 0 Å². The van der Waals surface area contributed by atoms with Gasteiger partial charge in [-0.05, 0) is 55.2 Å². The molecular weight excluding hydrogens is 412 g/mol. The van der Waals surface area contributed by atoms with E-state index in [0.717, 1.165) is 24.1 Å². The zero-order chi connectivity index (χ0) is 20.6. The van der Waals surface area contributed by atoms with Crippen molar-refractivity contribution in [3.8, 4) is 5.75 Å². The summed E-state index contributed by atoms with van der Waals surface area (Å²) in [5.41, 5.74) is 1.71. The molecule has 0 aliphatic carbocycles. The van der Waals surface area contributed by atoms with Crippen molar-refractivity contribution in [2.75, 3.05) is 24.5 Å². The molecule has 2 aliphatic heterocycles. The maximum Gasteiger partial charge on any atom is 0.243 e. The van der Waals surface area contributed by atoms with Crippen LogP contribution in [0.2, 0.25) is 5.02 Å². The number of sulfonamides is 1. The minimum atomic E-state index is -3.63. The molecular formula is C21H23ClN2O4S. The van der Waals surface area contributed by atoms with Gasteiger partial charge in [-0.15, -0.1) is 0 Å². The van der Waals surface area contributed by atoms with Crippen molar-refractivity contribution in [1.82, 2.24) is 4.31 Å². The monoisotopic (exact) mass is 434 g/mol. The molecule has 0 aromatic heterocycles. The van der Waals surface area contributed by atoms with Gasteiger partial charge in [0.25, 0.3) is 0 Å². The van der Waals surface area contributed by atoms with Gasteiger partial charge in [-0.2, -0.15) is 4.31 Å². The van der Waals surface area contributed by atoms with Gasteiger partial charge in [0.15, 0.2) is 0 Å². The normalized spacial score (nSPS) is 19.8. The quantitative estimate of drug-likeness (QED) is 0.738. The molecule has 154 valence electrons. The predicted molar refractivity (Wildman–Crippen MR) is 112 cm³/mol. The summed E-state index contributed by atoms with van der Waals surface area (Å²) in [6, 6.07) is 12.2. The fraction of sp³-hybridized carbons (Fsp3) is 0.381. The number of halogens is 1. The number of nitrogens with zero attached hydrogens (tertiary/aromatic N) is 2. The molecule has 0 spiro atoms. The Balaban J connectivity index is 1.52. The van der Waals surface area contributed by atoms with E-state index in [2.05, 4.69) is 0 Å². The van der Waals surface area contributed by atoms with Crippen LogP contribution in [0.15, 0.2) is 47.4 Å². The lowest BCUT2D eigenvalue weighted by atomic mass is 10.0. The molecule has 1 saturated heterocycles. The van der Waals surface area contributed by atoms with Crippen LogP contribution >= 0.6 is 11.6 Å². The average molecular weight is 435 g/mol. The molecule has 0 N–H and O–H groups in total. The number of para-hydroxylation sites is 1. The molecule has 2 aliphatic rings. The van der Waals surface area contributed by atoms with E-state index in [1.54, 1.807) is 35.2 Å². The maximum absolute atomic E-state index is 13.2. The van der Waals surface area contributed by atoms with Gasteiger partial charge in [-0.25, -0.2) is 8.42 Å². The first kappa shape index (κ1) is 20.2. The number of benzene rings is 2. The van der Waals surface area contributed by atoms with Crippen LogP contribution in [0, 0.1) is 0 Å². The smallest absolute Gasteiger partial charge is 0.243 e. The highest BCUT2D eigenvalue weighted by atomic mass is 35.5. The summed E-state index contributed by atoms with van der Waals surface area (Å²) >= 11 is 6.14. The second-order valence-corrected chi connectivity index (χ2v) is 9.73. The second-order valence-electron chi connectivity index (χ2n) is 7.39. The van der Waals surface area contributed by atoms with Crippen molar-refractivity contribution < 1.29 is 17.9 Å². The summed E-state index contributed by atoms with van der Waals surface area (Å²) in [5.74, 6) is 0.539. The van der Waals surface area contributed by atoms with Crippen LogP contribution in [0.4, 0.5) is 5.69 Å². The standard InChI is InChI=1S/C21H23ClN2O4S/c1-15(25)24-11-4-5-16-13-18(8-9-20(16)24)29(26,27)23-12-10-17(14-23)28-21-7-3-2-6-19(21)22/h2-3,6-9,13,17H,4-5,10-12,14H2,1H3. The number of aryl methyl sites for hydroxylation is 1. The van der Waals surface area contributed by atoms with Crippen molar-refractivity contribution in [1.29, 1.82) is 0 Å². The van der Waals surface area contributed by atoms with E-state index in [-0.39, 0.29) is 23.5 Å². The SMILES string of the molecule is CC(=O)N1CCCc2cc(S(=O)(=O)N3CCC(Oc4ccccc4Cl)C3)ccc21. The summed E-state index contributed by atoms with van der Waals surface area (Å²) in [4.78, 5) is 13.8. The molecule has 8 heteroatoms. The van der Waals surface area contributed by atoms with Crippen molar-refractivity contribution in [3.63, 3.8) is 0 Å². The Labute approximate surface area is 176 Å². The molecule has 0 radical (unpaired) electrons. The first-order valence-electron chi connectivity index (χ1n) is 9.68. The number of rotatable bonds is 4. The summed E-state index contributed by atoms with van der Waals surface area (Å²) < 4.78 is 33.7. The summed E-state index contributed by atoms with van der Waals surface area (Å²) in [5, 5.41) is 0.513. The third-order valence-electron chi connectivity index (χ3n) is 5.43. The van der Waals surface area contributed by atoms with Crippen LogP contribution < -0.4 is 9.64 Å². The van der Waals surface area contributed by atoms with E-state index in [1.807, 2.05) is 12.1 Å². The van der Waals surface area contributed by atoms with Crippen LogP contribution in [0.25, 0.3) is 0 Å². The van der Waals surface area contributed by atoms with Crippen LogP contribution in [0.3, 0.4) is 0 Å². The number of carbonyl (C=O) groups excluding carboxylic acids is 1. The average Bonchev–Trinajstić information content (AvgIpc) is 3.18. The molecule has 2 aromatic carbocycles. The first-order valence-corrected chi connectivity index (χ1v) is 11.5. The van der Waals surface area contributed by atoms with Crippen molar-refractivity contribution >= 4 is 33.2 Å². The zero-order valence-corrected chi connectivity index (χ0v) is 17.7. The molecule has 6 nitrogen and oxygen atoms in total. The van der Waals surface area contributed by atoms with Gasteiger partial charge in [-0.3, -0.25) is 4.79 Å². The number of anilines is 1. The van der Waals surface area contributed by atoms with Gasteiger partial charge < -0.3 is 9.64 Å². The lowest BCUT2D eigenvalue weighted by molar-refractivity contribution is -0.116. The topological polar surface area (TPSA) is 66.9 Å². The molecule has 1 atom stereocenters. The van der Waals surface area contributed by atoms with Gasteiger partial charge in [0.1, 0.15) is 11.9 Å². The van der Waals surface area contributed by atoms with Crippen molar-refractivity contribution in [3.05, 3.63) is 53.1 Å². The molecule has 1 fully saturated rings. The Bertz CT molecular complexity index is 1040. The minimum absolute atomic E-state index is 0.0272. The highest BCUT2D eigenvalue weighted by Crippen LogP contribution is 2.32. The summed E-state index contributed by atoms with van der Waals surface area (Å²) in [7, 11) is -3.63. The van der Waals surface area contributed by atoms with Crippen LogP contribution in [-0.4, -0.2) is 44.4 Å². The van der Waals surface area contributed by atoms with E-state index < -0.39 is 10.0 Å². The number of hydrogen-bond acceptors (Lipinski definition) is 4. The van der Waals surface area contributed by atoms with Crippen LogP contribution in [-0.2, 0) is 21.2 Å². The summed E-state index contributed by atoms with van der Waals surface area (Å²) in [6.07, 6.45) is 1.96. The lowest BCUT2D eigenvalue weighted by Gasteiger charge is -2.29. The molecule has 2 heterocycles. The van der Waals surface area contributed by atoms with Gasteiger partial charge in [-0.1, -0.05) is 23.7 Å². The number of hydrogen-bond donors (Lipinski definition) is 0. The highest BCUT2D eigenvalue weighted by molar-refractivity contribution is 7.89. The maximum atomic E-state index is 13.2. The molecule has 4 rings (SSSR count). The van der Waals surface area contributed by atoms with Gasteiger partial charge in [0.05, 0.1) is 16.5 Å². The third-order valence-corrected chi connectivity index (χ3v) is 7.60. The molecule has 1 unspecified atom stereocenters. The number of fused-ring (bicyclic) bond motifs is 1. The number of carbonyl (C=O) groups is 1. The molecule has 0 saturated carbocycles. The van der Waals surface area contributed by atoms with Gasteiger partial charge in [0, 0.05) is 25.7 Å². The van der Waals surface area contributed by atoms with E-state index in [4.69, 9.17) is 16.3 Å². The van der Waals surface area contributed by atoms with Gasteiger partial charge >= 0.3 is 0 Å². The Morgan fingerprint density at radius 2 is 1.97 bits per heavy atom. The fourth-order valence-electron chi connectivity index (χ4n) is 3.94. The molecule has 29 heavy (non-hydrogen) atoms. The molecule has 1 amide bonds. The Morgan fingerprint density at radius 1 is 1.17 bits per heavy atom. The molecule has 0 bridgehead atoms. The van der Waals surface area contributed by atoms with Crippen LogP contribution in [0.5, 0.6) is 5.75 Å². The minimum Gasteiger partial charge on any atom is -0.487 e. The predicted octanol–water partition coefficient (Wildman–Crippen LogP) is 3.48. The number of amides is 1. The van der Waals surface area contributed by atoms with Crippen molar-refractivity contribution in [2.45, 2.75) is 37.2 Å². The highest BCUT2D eigenvalue weighted by Gasteiger charge is 2.34. The number of ether oxygens (including phenoxy) is 1. The zero-order valence-electron chi connectivity index (χ0n) is 16.2. The Morgan fingerprint density at radius 3 is 2.72 bits per heavy atom. The Kier molecular flexibility index (Phi) is 5.55. The first-order chi connectivity index (χ1) is 13.9. The largest absolute Gasteiger partial charge is 0.487 e. The van der Waals surface area contributed by atoms with E-state index in [9.17, 15) is 13.2 Å². The lowest BCUT2D eigenvalue weighted by Crippen LogP contribution is -2.34. The van der Waals surface area contributed by atoms with E-state index in [1.165, 1.54) is 11.2 Å². The van der Waals surface area contributed by atoms with Gasteiger partial charge in [0.2, 0.25) is 15.9 Å². The van der Waals surface area contributed by atoms with E-state index in [0.29, 0.717) is 30.3 Å². The summed E-state index contributed by atoms with van der Waals surface area (Å²) in [6.45, 7) is 2.88. The van der Waals surface area contributed by atoms with Crippen LogP contribution in [0.1, 0.15) is 25.3 Å². The molecule has 2 aromatic rings.